The molecule has 0 fully saturated rings. The molecule has 4 heteroatoms. The molecule has 0 saturated carbocycles. The summed E-state index contributed by atoms with van der Waals surface area (Å²) in [5, 5.41) is 9.77. The van der Waals surface area contributed by atoms with Crippen LogP contribution in [0.2, 0.25) is 0 Å². The number of hydrogen-bond donors (Lipinski definition) is 2. The van der Waals surface area contributed by atoms with Gasteiger partial charge in [0.2, 0.25) is 0 Å². The highest BCUT2D eigenvalue weighted by Crippen LogP contribution is 2.37. The third-order valence-corrected chi connectivity index (χ3v) is 2.50. The van der Waals surface area contributed by atoms with Crippen molar-refractivity contribution in [2.24, 2.45) is 5.73 Å². The molecule has 0 aliphatic carbocycles. The number of ether oxygens (including phenoxy) is 2. The maximum Gasteiger partial charge on any atom is 0.167 e. The highest BCUT2D eigenvalue weighted by Gasteiger charge is 2.13. The summed E-state index contributed by atoms with van der Waals surface area (Å²) in [6.07, 6.45) is 2.59. The first-order valence-electron chi connectivity index (χ1n) is 5.37. The molecule has 1 aromatic rings. The van der Waals surface area contributed by atoms with E-state index in [1.807, 2.05) is 0 Å². The SMILES string of the molecule is COc1ccc(O)c(CCCCN)c1OC. The molecule has 0 bridgehead atoms. The van der Waals surface area contributed by atoms with Gasteiger partial charge in [-0.25, -0.2) is 0 Å². The van der Waals surface area contributed by atoms with Gasteiger partial charge in [0, 0.05) is 5.56 Å². The van der Waals surface area contributed by atoms with Crippen molar-refractivity contribution in [2.75, 3.05) is 20.8 Å². The van der Waals surface area contributed by atoms with E-state index in [0.717, 1.165) is 24.8 Å². The van der Waals surface area contributed by atoms with Crippen molar-refractivity contribution in [1.82, 2.24) is 0 Å². The van der Waals surface area contributed by atoms with E-state index < -0.39 is 0 Å². The van der Waals surface area contributed by atoms with Crippen molar-refractivity contribution in [3.8, 4) is 17.2 Å². The largest absolute Gasteiger partial charge is 0.508 e. The van der Waals surface area contributed by atoms with Gasteiger partial charge >= 0.3 is 0 Å². The van der Waals surface area contributed by atoms with Gasteiger partial charge in [-0.3, -0.25) is 0 Å². The second-order valence-electron chi connectivity index (χ2n) is 3.54. The molecule has 0 aliphatic heterocycles. The highest BCUT2D eigenvalue weighted by atomic mass is 16.5. The number of aromatic hydroxyl groups is 1. The molecule has 0 saturated heterocycles. The van der Waals surface area contributed by atoms with E-state index in [0.29, 0.717) is 18.0 Å². The number of methoxy groups -OCH3 is 2. The molecule has 0 spiro atoms. The van der Waals surface area contributed by atoms with Gasteiger partial charge < -0.3 is 20.3 Å². The molecular weight excluding hydrogens is 206 g/mol. The van der Waals surface area contributed by atoms with E-state index in [2.05, 4.69) is 0 Å². The first kappa shape index (κ1) is 12.6. The summed E-state index contributed by atoms with van der Waals surface area (Å²) in [4.78, 5) is 0. The topological polar surface area (TPSA) is 64.7 Å². The second-order valence-corrected chi connectivity index (χ2v) is 3.54. The minimum atomic E-state index is 0.245. The van der Waals surface area contributed by atoms with Crippen LogP contribution >= 0.6 is 0 Å². The molecule has 0 heterocycles. The molecule has 1 rings (SSSR count). The molecule has 0 atom stereocenters. The lowest BCUT2D eigenvalue weighted by Crippen LogP contribution is -2.01. The summed E-state index contributed by atoms with van der Waals surface area (Å²) in [5.74, 6) is 1.50. The standard InChI is InChI=1S/C12H19NO3/c1-15-11-7-6-10(14)9(12(11)16-2)5-3-4-8-13/h6-7,14H,3-5,8,13H2,1-2H3. The van der Waals surface area contributed by atoms with Gasteiger partial charge in [0.05, 0.1) is 14.2 Å². The number of hydrogen-bond acceptors (Lipinski definition) is 4. The maximum atomic E-state index is 9.77. The second kappa shape index (κ2) is 6.23. The lowest BCUT2D eigenvalue weighted by Gasteiger charge is -2.13. The van der Waals surface area contributed by atoms with Crippen LogP contribution in [0.5, 0.6) is 17.2 Å². The first-order chi connectivity index (χ1) is 7.74. The fourth-order valence-corrected chi connectivity index (χ4v) is 1.67. The smallest absolute Gasteiger partial charge is 0.167 e. The lowest BCUT2D eigenvalue weighted by molar-refractivity contribution is 0.346. The molecule has 16 heavy (non-hydrogen) atoms. The fraction of sp³-hybridized carbons (Fsp3) is 0.500. The van der Waals surface area contributed by atoms with Crippen LogP contribution in [0, 0.1) is 0 Å². The van der Waals surface area contributed by atoms with E-state index in [1.165, 1.54) is 0 Å². The summed E-state index contributed by atoms with van der Waals surface area (Å²) >= 11 is 0. The Balaban J connectivity index is 2.94. The number of phenolic OH excluding ortho intramolecular Hbond substituents is 1. The molecule has 0 aromatic heterocycles. The van der Waals surface area contributed by atoms with Crippen LogP contribution in [0.1, 0.15) is 18.4 Å². The zero-order valence-corrected chi connectivity index (χ0v) is 9.82. The molecule has 0 unspecified atom stereocenters. The van der Waals surface area contributed by atoms with Crippen LogP contribution in [-0.2, 0) is 6.42 Å². The predicted molar refractivity (Wildman–Crippen MR) is 63.2 cm³/mol. The van der Waals surface area contributed by atoms with Gasteiger partial charge in [0.15, 0.2) is 11.5 Å². The zero-order valence-electron chi connectivity index (χ0n) is 9.82. The fourth-order valence-electron chi connectivity index (χ4n) is 1.67. The summed E-state index contributed by atoms with van der Waals surface area (Å²) in [6.45, 7) is 0.660. The van der Waals surface area contributed by atoms with Crippen LogP contribution < -0.4 is 15.2 Å². The number of nitrogens with two attached hydrogens (primary N) is 1. The third-order valence-electron chi connectivity index (χ3n) is 2.50. The van der Waals surface area contributed by atoms with Crippen molar-refractivity contribution < 1.29 is 14.6 Å². The Kier molecular flexibility index (Phi) is 4.92. The Morgan fingerprint density at radius 3 is 2.50 bits per heavy atom. The molecule has 90 valence electrons. The van der Waals surface area contributed by atoms with E-state index in [9.17, 15) is 5.11 Å². The summed E-state index contributed by atoms with van der Waals surface area (Å²) in [7, 11) is 3.16. The van der Waals surface area contributed by atoms with Crippen molar-refractivity contribution in [2.45, 2.75) is 19.3 Å². The van der Waals surface area contributed by atoms with Gasteiger partial charge in [-0.05, 0) is 37.9 Å². The molecule has 0 aliphatic rings. The average Bonchev–Trinajstić information content (AvgIpc) is 2.31. The monoisotopic (exact) mass is 225 g/mol. The molecular formula is C12H19NO3. The lowest BCUT2D eigenvalue weighted by atomic mass is 10.1. The Hall–Kier alpha value is -1.42. The molecule has 4 nitrogen and oxygen atoms in total. The number of benzene rings is 1. The maximum absolute atomic E-state index is 9.77. The van der Waals surface area contributed by atoms with E-state index in [-0.39, 0.29) is 5.75 Å². The molecule has 1 aromatic carbocycles. The zero-order chi connectivity index (χ0) is 12.0. The number of unbranched alkanes of at least 4 members (excludes halogenated alkanes) is 1. The van der Waals surface area contributed by atoms with E-state index >= 15 is 0 Å². The van der Waals surface area contributed by atoms with Gasteiger partial charge in [-0.15, -0.1) is 0 Å². The first-order valence-corrected chi connectivity index (χ1v) is 5.37. The minimum Gasteiger partial charge on any atom is -0.508 e. The molecule has 0 radical (unpaired) electrons. The molecule has 3 N–H and O–H groups in total. The Bertz CT molecular complexity index is 339. The summed E-state index contributed by atoms with van der Waals surface area (Å²) < 4.78 is 10.4. The predicted octanol–water partition coefficient (Wildman–Crippen LogP) is 1.69. The van der Waals surface area contributed by atoms with Gasteiger partial charge in [0.25, 0.3) is 0 Å². The van der Waals surface area contributed by atoms with Crippen molar-refractivity contribution in [3.05, 3.63) is 17.7 Å². The number of phenols is 1. The van der Waals surface area contributed by atoms with Crippen LogP contribution in [0.25, 0.3) is 0 Å². The van der Waals surface area contributed by atoms with Gasteiger partial charge in [-0.2, -0.15) is 0 Å². The van der Waals surface area contributed by atoms with Crippen molar-refractivity contribution in [1.29, 1.82) is 0 Å². The highest BCUT2D eigenvalue weighted by molar-refractivity contribution is 5.53. The Labute approximate surface area is 96.0 Å². The summed E-state index contributed by atoms with van der Waals surface area (Å²) in [5.41, 5.74) is 6.23. The summed E-state index contributed by atoms with van der Waals surface area (Å²) in [6, 6.07) is 3.32. The van der Waals surface area contributed by atoms with Gasteiger partial charge in [-0.1, -0.05) is 0 Å². The quantitative estimate of drug-likeness (QED) is 0.723. The van der Waals surface area contributed by atoms with Gasteiger partial charge in [0.1, 0.15) is 5.75 Å². The van der Waals surface area contributed by atoms with E-state index in [1.54, 1.807) is 26.4 Å². The Morgan fingerprint density at radius 1 is 1.19 bits per heavy atom. The third kappa shape index (κ3) is 2.79. The normalized spacial score (nSPS) is 10.2. The Morgan fingerprint density at radius 2 is 1.94 bits per heavy atom. The average molecular weight is 225 g/mol. The van der Waals surface area contributed by atoms with Crippen LogP contribution in [0.4, 0.5) is 0 Å². The van der Waals surface area contributed by atoms with Crippen LogP contribution in [0.15, 0.2) is 12.1 Å². The van der Waals surface area contributed by atoms with E-state index in [4.69, 9.17) is 15.2 Å². The number of rotatable bonds is 6. The van der Waals surface area contributed by atoms with Crippen LogP contribution in [0.3, 0.4) is 0 Å². The van der Waals surface area contributed by atoms with Crippen molar-refractivity contribution >= 4 is 0 Å². The molecule has 0 amide bonds. The van der Waals surface area contributed by atoms with Crippen LogP contribution in [-0.4, -0.2) is 25.9 Å². The van der Waals surface area contributed by atoms with Crippen molar-refractivity contribution in [3.63, 3.8) is 0 Å². The minimum absolute atomic E-state index is 0.245.